The summed E-state index contributed by atoms with van der Waals surface area (Å²) in [6.45, 7) is 4.25. The number of thiophene rings is 1. The highest BCUT2D eigenvalue weighted by Gasteiger charge is 2.09. The lowest BCUT2D eigenvalue weighted by Crippen LogP contribution is -2.10. The molecule has 0 fully saturated rings. The molecule has 0 bridgehead atoms. The molecule has 0 saturated heterocycles. The zero-order valence-corrected chi connectivity index (χ0v) is 12.3. The number of fused-ring (bicyclic) bond motifs is 1. The molecule has 1 N–H and O–H groups in total. The molecule has 0 aliphatic carbocycles. The van der Waals surface area contributed by atoms with Gasteiger partial charge in [0, 0.05) is 17.7 Å². The molecule has 0 saturated carbocycles. The largest absolute Gasteiger partial charge is 0.309 e. The normalized spacial score (nSPS) is 11.5. The van der Waals surface area contributed by atoms with E-state index in [0.717, 1.165) is 16.2 Å². The fraction of sp³-hybridized carbons (Fsp3) is 0.308. The minimum absolute atomic E-state index is 0.0608. The maximum atomic E-state index is 11.9. The van der Waals surface area contributed by atoms with Gasteiger partial charge in [0.05, 0.1) is 16.2 Å². The Morgan fingerprint density at radius 3 is 2.89 bits per heavy atom. The minimum Gasteiger partial charge on any atom is -0.309 e. The third-order valence-electron chi connectivity index (χ3n) is 2.78. The molecular formula is C13H13N3OS2. The number of nitrogens with one attached hydrogen (secondary N) is 1. The zero-order valence-electron chi connectivity index (χ0n) is 10.6. The highest BCUT2D eigenvalue weighted by Crippen LogP contribution is 2.20. The Kier molecular flexibility index (Phi) is 3.20. The van der Waals surface area contributed by atoms with Crippen molar-refractivity contribution in [2.75, 3.05) is 0 Å². The van der Waals surface area contributed by atoms with E-state index in [9.17, 15) is 4.79 Å². The van der Waals surface area contributed by atoms with Crippen LogP contribution in [0, 0.1) is 0 Å². The lowest BCUT2D eigenvalue weighted by molar-refractivity contribution is 0.836. The van der Waals surface area contributed by atoms with Crippen LogP contribution in [0.4, 0.5) is 0 Å². The van der Waals surface area contributed by atoms with Crippen LogP contribution >= 0.6 is 22.7 Å². The van der Waals surface area contributed by atoms with Crippen molar-refractivity contribution in [3.8, 4) is 0 Å². The van der Waals surface area contributed by atoms with E-state index < -0.39 is 0 Å². The first-order valence-electron chi connectivity index (χ1n) is 6.04. The predicted octanol–water partition coefficient (Wildman–Crippen LogP) is 3.16. The van der Waals surface area contributed by atoms with Gasteiger partial charge in [-0.1, -0.05) is 13.8 Å². The van der Waals surface area contributed by atoms with Crippen LogP contribution in [0.15, 0.2) is 21.6 Å². The Bertz CT molecular complexity index is 769. The van der Waals surface area contributed by atoms with E-state index in [1.54, 1.807) is 11.3 Å². The summed E-state index contributed by atoms with van der Waals surface area (Å²) in [5.74, 6) is 1.11. The zero-order chi connectivity index (χ0) is 13.4. The molecule has 3 aromatic rings. The molecule has 3 aromatic heterocycles. The van der Waals surface area contributed by atoms with Crippen LogP contribution in [0.3, 0.4) is 0 Å². The van der Waals surface area contributed by atoms with Crippen LogP contribution in [0.25, 0.3) is 10.2 Å². The van der Waals surface area contributed by atoms with Crippen molar-refractivity contribution in [1.29, 1.82) is 0 Å². The van der Waals surface area contributed by atoms with Crippen LogP contribution in [0.5, 0.6) is 0 Å². The lowest BCUT2D eigenvalue weighted by Gasteiger charge is -1.99. The van der Waals surface area contributed by atoms with E-state index in [1.807, 2.05) is 16.8 Å². The summed E-state index contributed by atoms with van der Waals surface area (Å²) >= 11 is 3.07. The van der Waals surface area contributed by atoms with Gasteiger partial charge in [0.15, 0.2) is 0 Å². The summed E-state index contributed by atoms with van der Waals surface area (Å²) < 4.78 is 0.685. The van der Waals surface area contributed by atoms with Crippen molar-refractivity contribution in [2.24, 2.45) is 0 Å². The number of thiazole rings is 1. The van der Waals surface area contributed by atoms with Crippen LogP contribution in [0.1, 0.15) is 36.3 Å². The van der Waals surface area contributed by atoms with E-state index in [2.05, 4.69) is 28.8 Å². The Morgan fingerprint density at radius 2 is 2.16 bits per heavy atom. The van der Waals surface area contributed by atoms with Crippen molar-refractivity contribution < 1.29 is 0 Å². The smallest absolute Gasteiger partial charge is 0.268 e. The molecule has 4 nitrogen and oxygen atoms in total. The molecule has 19 heavy (non-hydrogen) atoms. The second kappa shape index (κ2) is 4.86. The molecule has 0 aliphatic heterocycles. The second-order valence-electron chi connectivity index (χ2n) is 4.66. The molecule has 3 heterocycles. The van der Waals surface area contributed by atoms with E-state index >= 15 is 0 Å². The summed E-state index contributed by atoms with van der Waals surface area (Å²) in [6.07, 6.45) is 0.574. The van der Waals surface area contributed by atoms with Crippen molar-refractivity contribution in [3.05, 3.63) is 43.7 Å². The Balaban J connectivity index is 1.93. The predicted molar refractivity (Wildman–Crippen MR) is 79.2 cm³/mol. The van der Waals surface area contributed by atoms with E-state index in [-0.39, 0.29) is 5.56 Å². The number of H-pyrrole nitrogens is 1. The maximum absolute atomic E-state index is 11.9. The summed E-state index contributed by atoms with van der Waals surface area (Å²) in [7, 11) is 0. The Morgan fingerprint density at radius 1 is 1.32 bits per heavy atom. The van der Waals surface area contributed by atoms with E-state index in [0.29, 0.717) is 22.9 Å². The fourth-order valence-electron chi connectivity index (χ4n) is 1.85. The molecule has 98 valence electrons. The van der Waals surface area contributed by atoms with E-state index in [4.69, 9.17) is 0 Å². The van der Waals surface area contributed by atoms with Gasteiger partial charge in [0.25, 0.3) is 5.56 Å². The summed E-state index contributed by atoms with van der Waals surface area (Å²) in [5, 5.41) is 5.04. The topological polar surface area (TPSA) is 58.6 Å². The van der Waals surface area contributed by atoms with Crippen LogP contribution < -0.4 is 5.56 Å². The second-order valence-corrected chi connectivity index (χ2v) is 6.46. The first-order valence-corrected chi connectivity index (χ1v) is 7.80. The molecule has 0 aliphatic rings. The fourth-order valence-corrected chi connectivity index (χ4v) is 3.41. The Hall–Kier alpha value is -1.53. The third kappa shape index (κ3) is 2.46. The molecule has 0 unspecified atom stereocenters. The molecule has 0 spiro atoms. The van der Waals surface area contributed by atoms with Crippen molar-refractivity contribution in [2.45, 2.75) is 26.2 Å². The maximum Gasteiger partial charge on any atom is 0.268 e. The molecule has 0 atom stereocenters. The van der Waals surface area contributed by atoms with Gasteiger partial charge < -0.3 is 4.98 Å². The van der Waals surface area contributed by atoms with Gasteiger partial charge in [0.1, 0.15) is 10.5 Å². The minimum atomic E-state index is -0.0608. The van der Waals surface area contributed by atoms with Gasteiger partial charge in [-0.25, -0.2) is 9.97 Å². The SMILES string of the molecule is CC(C)c1nc(Cc2nc3ccsc3c(=O)[nH]2)cs1. The number of nitrogens with zero attached hydrogens (tertiary/aromatic N) is 2. The van der Waals surface area contributed by atoms with Crippen molar-refractivity contribution in [1.82, 2.24) is 15.0 Å². The number of aromatic nitrogens is 3. The van der Waals surface area contributed by atoms with Gasteiger partial charge in [-0.3, -0.25) is 4.79 Å². The van der Waals surface area contributed by atoms with Crippen LogP contribution in [-0.2, 0) is 6.42 Å². The highest BCUT2D eigenvalue weighted by molar-refractivity contribution is 7.17. The standard InChI is InChI=1S/C13H13N3OS2/c1-7(2)13-14-8(6-19-13)5-10-15-9-3-4-18-11(9)12(17)16-10/h3-4,6-7H,5H2,1-2H3,(H,15,16,17). The number of hydrogen-bond donors (Lipinski definition) is 1. The molecule has 6 heteroatoms. The lowest BCUT2D eigenvalue weighted by atomic mass is 10.2. The summed E-state index contributed by atoms with van der Waals surface area (Å²) in [5.41, 5.74) is 1.67. The van der Waals surface area contributed by atoms with Crippen LogP contribution in [0.2, 0.25) is 0 Å². The van der Waals surface area contributed by atoms with E-state index in [1.165, 1.54) is 11.3 Å². The van der Waals surface area contributed by atoms with Gasteiger partial charge in [-0.2, -0.15) is 0 Å². The van der Waals surface area contributed by atoms with Crippen molar-refractivity contribution in [3.63, 3.8) is 0 Å². The van der Waals surface area contributed by atoms with Crippen molar-refractivity contribution >= 4 is 32.9 Å². The van der Waals surface area contributed by atoms with Gasteiger partial charge in [0.2, 0.25) is 0 Å². The first kappa shape index (κ1) is 12.5. The van der Waals surface area contributed by atoms with Gasteiger partial charge >= 0.3 is 0 Å². The molecule has 0 aromatic carbocycles. The average Bonchev–Trinajstić information content (AvgIpc) is 2.97. The number of aromatic amines is 1. The monoisotopic (exact) mass is 291 g/mol. The number of hydrogen-bond acceptors (Lipinski definition) is 5. The van der Waals surface area contributed by atoms with Crippen LogP contribution in [-0.4, -0.2) is 15.0 Å². The molecule has 0 radical (unpaired) electrons. The first-order chi connectivity index (χ1) is 9.13. The third-order valence-corrected chi connectivity index (χ3v) is 4.87. The van der Waals surface area contributed by atoms with Gasteiger partial charge in [-0.05, 0) is 11.4 Å². The van der Waals surface area contributed by atoms with Gasteiger partial charge in [-0.15, -0.1) is 22.7 Å². The quantitative estimate of drug-likeness (QED) is 0.806. The Labute approximate surface area is 118 Å². The summed E-state index contributed by atoms with van der Waals surface area (Å²) in [4.78, 5) is 23.7. The summed E-state index contributed by atoms with van der Waals surface area (Å²) in [6, 6.07) is 1.87. The molecular weight excluding hydrogens is 278 g/mol. The molecule has 3 rings (SSSR count). The molecule has 0 amide bonds. The highest BCUT2D eigenvalue weighted by atomic mass is 32.1. The average molecular weight is 291 g/mol. The number of rotatable bonds is 3.